The SMILES string of the molecule is CCN(CC(C)C)C(=O)C1CCCC1. The predicted octanol–water partition coefficient (Wildman–Crippen LogP) is 2.68. The van der Waals surface area contributed by atoms with Crippen molar-refractivity contribution in [3.63, 3.8) is 0 Å². The second-order valence-electron chi connectivity index (χ2n) is 4.75. The van der Waals surface area contributed by atoms with Gasteiger partial charge in [0.1, 0.15) is 0 Å². The van der Waals surface area contributed by atoms with Crippen molar-refractivity contribution in [2.75, 3.05) is 13.1 Å². The van der Waals surface area contributed by atoms with Crippen LogP contribution in [0, 0.1) is 11.8 Å². The van der Waals surface area contributed by atoms with E-state index in [4.69, 9.17) is 0 Å². The molecule has 1 amide bonds. The molecule has 1 aliphatic rings. The molecule has 0 bridgehead atoms. The summed E-state index contributed by atoms with van der Waals surface area (Å²) in [6.45, 7) is 8.21. The number of hydrogen-bond donors (Lipinski definition) is 0. The molecule has 0 aromatic carbocycles. The summed E-state index contributed by atoms with van der Waals surface area (Å²) in [7, 11) is 0. The first-order valence-electron chi connectivity index (χ1n) is 5.94. The van der Waals surface area contributed by atoms with Crippen molar-refractivity contribution in [3.05, 3.63) is 0 Å². The highest BCUT2D eigenvalue weighted by molar-refractivity contribution is 5.79. The number of rotatable bonds is 4. The molecule has 2 heteroatoms. The molecule has 0 heterocycles. The molecule has 1 fully saturated rings. The minimum Gasteiger partial charge on any atom is -0.342 e. The van der Waals surface area contributed by atoms with E-state index in [0.717, 1.165) is 25.9 Å². The Bertz CT molecular complexity index is 183. The summed E-state index contributed by atoms with van der Waals surface area (Å²) in [5.41, 5.74) is 0. The van der Waals surface area contributed by atoms with Gasteiger partial charge in [-0.05, 0) is 25.7 Å². The van der Waals surface area contributed by atoms with Gasteiger partial charge in [0.25, 0.3) is 0 Å². The van der Waals surface area contributed by atoms with Gasteiger partial charge in [-0.25, -0.2) is 0 Å². The molecule has 1 aliphatic carbocycles. The van der Waals surface area contributed by atoms with Gasteiger partial charge in [-0.15, -0.1) is 0 Å². The van der Waals surface area contributed by atoms with Crippen LogP contribution in [0.1, 0.15) is 46.5 Å². The standard InChI is InChI=1S/C12H23NO/c1-4-13(9-10(2)3)12(14)11-7-5-6-8-11/h10-11H,4-9H2,1-3H3. The lowest BCUT2D eigenvalue weighted by Crippen LogP contribution is -2.37. The lowest BCUT2D eigenvalue weighted by molar-refractivity contribution is -0.135. The largest absolute Gasteiger partial charge is 0.342 e. The van der Waals surface area contributed by atoms with E-state index in [-0.39, 0.29) is 0 Å². The first kappa shape index (κ1) is 11.5. The fraction of sp³-hybridized carbons (Fsp3) is 0.917. The maximum absolute atomic E-state index is 12.0. The normalized spacial score (nSPS) is 17.7. The van der Waals surface area contributed by atoms with Crippen molar-refractivity contribution in [1.82, 2.24) is 4.90 Å². The summed E-state index contributed by atoms with van der Waals surface area (Å²) in [4.78, 5) is 14.1. The first-order valence-corrected chi connectivity index (χ1v) is 5.94. The lowest BCUT2D eigenvalue weighted by Gasteiger charge is -2.25. The minimum atomic E-state index is 0.341. The highest BCUT2D eigenvalue weighted by atomic mass is 16.2. The summed E-state index contributed by atoms with van der Waals surface area (Å²) in [5, 5.41) is 0. The minimum absolute atomic E-state index is 0.341. The van der Waals surface area contributed by atoms with Gasteiger partial charge in [0.05, 0.1) is 0 Å². The summed E-state index contributed by atoms with van der Waals surface area (Å²) in [5.74, 6) is 1.33. The Kier molecular flexibility index (Phi) is 4.43. The van der Waals surface area contributed by atoms with Crippen LogP contribution in [0.2, 0.25) is 0 Å². The zero-order valence-corrected chi connectivity index (χ0v) is 9.75. The van der Waals surface area contributed by atoms with Crippen LogP contribution in [0.15, 0.2) is 0 Å². The molecule has 0 unspecified atom stereocenters. The van der Waals surface area contributed by atoms with Crippen molar-refractivity contribution in [3.8, 4) is 0 Å². The Morgan fingerprint density at radius 2 is 1.93 bits per heavy atom. The molecule has 2 nitrogen and oxygen atoms in total. The summed E-state index contributed by atoms with van der Waals surface area (Å²) >= 11 is 0. The second-order valence-corrected chi connectivity index (χ2v) is 4.75. The van der Waals surface area contributed by atoms with Crippen LogP contribution in [0.3, 0.4) is 0 Å². The average Bonchev–Trinajstić information content (AvgIpc) is 2.65. The lowest BCUT2D eigenvalue weighted by atomic mass is 10.1. The fourth-order valence-electron chi connectivity index (χ4n) is 2.25. The van der Waals surface area contributed by atoms with E-state index in [0.29, 0.717) is 17.7 Å². The van der Waals surface area contributed by atoms with Gasteiger partial charge in [0, 0.05) is 19.0 Å². The molecule has 0 radical (unpaired) electrons. The number of carbonyl (C=O) groups is 1. The Morgan fingerprint density at radius 3 is 2.36 bits per heavy atom. The van der Waals surface area contributed by atoms with E-state index < -0.39 is 0 Å². The van der Waals surface area contributed by atoms with Crippen LogP contribution in [0.4, 0.5) is 0 Å². The zero-order valence-electron chi connectivity index (χ0n) is 9.75. The Labute approximate surface area is 87.7 Å². The maximum Gasteiger partial charge on any atom is 0.225 e. The molecule has 0 saturated heterocycles. The van der Waals surface area contributed by atoms with Gasteiger partial charge in [-0.2, -0.15) is 0 Å². The molecule has 14 heavy (non-hydrogen) atoms. The number of hydrogen-bond acceptors (Lipinski definition) is 1. The molecule has 1 saturated carbocycles. The Hall–Kier alpha value is -0.530. The van der Waals surface area contributed by atoms with E-state index in [9.17, 15) is 4.79 Å². The molecular weight excluding hydrogens is 174 g/mol. The van der Waals surface area contributed by atoms with Crippen molar-refractivity contribution in [1.29, 1.82) is 0 Å². The van der Waals surface area contributed by atoms with Crippen LogP contribution in [-0.2, 0) is 4.79 Å². The van der Waals surface area contributed by atoms with Gasteiger partial charge in [-0.1, -0.05) is 26.7 Å². The highest BCUT2D eigenvalue weighted by Crippen LogP contribution is 2.26. The quantitative estimate of drug-likeness (QED) is 0.678. The summed E-state index contributed by atoms with van der Waals surface area (Å²) < 4.78 is 0. The van der Waals surface area contributed by atoms with Gasteiger partial charge in [0.15, 0.2) is 0 Å². The molecule has 0 atom stereocenters. The first-order chi connectivity index (χ1) is 6.65. The summed E-state index contributed by atoms with van der Waals surface area (Å²) in [6, 6.07) is 0. The number of carbonyl (C=O) groups excluding carboxylic acids is 1. The molecule has 82 valence electrons. The van der Waals surface area contributed by atoms with Crippen LogP contribution >= 0.6 is 0 Å². The third-order valence-corrected chi connectivity index (χ3v) is 2.98. The molecule has 0 aromatic heterocycles. The van der Waals surface area contributed by atoms with Gasteiger partial charge < -0.3 is 4.90 Å². The number of amides is 1. The van der Waals surface area contributed by atoms with Crippen LogP contribution in [-0.4, -0.2) is 23.9 Å². The van der Waals surface area contributed by atoms with Gasteiger partial charge in [-0.3, -0.25) is 4.79 Å². The predicted molar refractivity (Wildman–Crippen MR) is 59.1 cm³/mol. The van der Waals surface area contributed by atoms with Crippen LogP contribution in [0.5, 0.6) is 0 Å². The second kappa shape index (κ2) is 5.38. The average molecular weight is 197 g/mol. The smallest absolute Gasteiger partial charge is 0.225 e. The Morgan fingerprint density at radius 1 is 1.36 bits per heavy atom. The van der Waals surface area contributed by atoms with Crippen molar-refractivity contribution in [2.45, 2.75) is 46.5 Å². The van der Waals surface area contributed by atoms with Crippen LogP contribution in [0.25, 0.3) is 0 Å². The van der Waals surface area contributed by atoms with E-state index in [1.54, 1.807) is 0 Å². The maximum atomic E-state index is 12.0. The molecule has 1 rings (SSSR count). The summed E-state index contributed by atoms with van der Waals surface area (Å²) in [6.07, 6.45) is 4.73. The zero-order chi connectivity index (χ0) is 10.6. The number of nitrogens with zero attached hydrogens (tertiary/aromatic N) is 1. The van der Waals surface area contributed by atoms with Crippen molar-refractivity contribution in [2.24, 2.45) is 11.8 Å². The van der Waals surface area contributed by atoms with E-state index in [2.05, 4.69) is 20.8 Å². The van der Waals surface area contributed by atoms with Gasteiger partial charge >= 0.3 is 0 Å². The third-order valence-electron chi connectivity index (χ3n) is 2.98. The van der Waals surface area contributed by atoms with Crippen molar-refractivity contribution < 1.29 is 4.79 Å². The molecule has 0 spiro atoms. The van der Waals surface area contributed by atoms with E-state index >= 15 is 0 Å². The molecular formula is C12H23NO. The topological polar surface area (TPSA) is 20.3 Å². The Balaban J connectivity index is 2.46. The van der Waals surface area contributed by atoms with Gasteiger partial charge in [0.2, 0.25) is 5.91 Å². The van der Waals surface area contributed by atoms with Crippen LogP contribution < -0.4 is 0 Å². The highest BCUT2D eigenvalue weighted by Gasteiger charge is 2.26. The molecule has 0 aliphatic heterocycles. The third kappa shape index (κ3) is 3.00. The van der Waals surface area contributed by atoms with Crippen molar-refractivity contribution >= 4 is 5.91 Å². The van der Waals surface area contributed by atoms with E-state index in [1.807, 2.05) is 4.90 Å². The molecule has 0 aromatic rings. The van der Waals surface area contributed by atoms with E-state index in [1.165, 1.54) is 12.8 Å². The monoisotopic (exact) mass is 197 g/mol. The fourth-order valence-corrected chi connectivity index (χ4v) is 2.25. The molecule has 0 N–H and O–H groups in total.